The summed E-state index contributed by atoms with van der Waals surface area (Å²) in [4.78, 5) is 3.76. The first kappa shape index (κ1) is 18.9. The number of benzene rings is 2. The highest BCUT2D eigenvalue weighted by Gasteiger charge is 2.38. The zero-order valence-corrected chi connectivity index (χ0v) is 16.2. The van der Waals surface area contributed by atoms with Gasteiger partial charge >= 0.3 is 0 Å². The average Bonchev–Trinajstić information content (AvgIpc) is 2.65. The van der Waals surface area contributed by atoms with Crippen LogP contribution in [0.3, 0.4) is 0 Å². The summed E-state index contributed by atoms with van der Waals surface area (Å²) in [5.74, 6) is 1.79. The summed E-state index contributed by atoms with van der Waals surface area (Å²) in [6.45, 7) is 11.9. The van der Waals surface area contributed by atoms with Gasteiger partial charge in [0, 0.05) is 13.0 Å². The first-order chi connectivity index (χ1) is 12.2. The fourth-order valence-corrected chi connectivity index (χ4v) is 4.63. The first-order valence-corrected chi connectivity index (χ1v) is 9.75. The Morgan fingerprint density at radius 1 is 1.00 bits per heavy atom. The fraction of sp³-hybridized carbons (Fsp3) is 0.174. The predicted octanol–water partition coefficient (Wildman–Crippen LogP) is 6.58. The Kier molecular flexibility index (Phi) is 6.94. The van der Waals surface area contributed by atoms with Crippen molar-refractivity contribution in [1.82, 2.24) is 0 Å². The molecule has 0 aromatic heterocycles. The van der Waals surface area contributed by atoms with Crippen LogP contribution < -0.4 is 4.74 Å². The highest BCUT2D eigenvalue weighted by atomic mass is 32.2. The number of ether oxygens (including phenoxy) is 1. The van der Waals surface area contributed by atoms with E-state index in [9.17, 15) is 0 Å². The van der Waals surface area contributed by atoms with Crippen LogP contribution in [0.15, 0.2) is 99.5 Å². The van der Waals surface area contributed by atoms with Crippen molar-refractivity contribution in [2.75, 3.05) is 0 Å². The monoisotopic (exact) mass is 349 g/mol. The number of aryl methyl sites for hydroxylation is 1. The van der Waals surface area contributed by atoms with Crippen molar-refractivity contribution in [2.45, 2.75) is 37.5 Å². The van der Waals surface area contributed by atoms with Crippen LogP contribution in [0.4, 0.5) is 0 Å². The van der Waals surface area contributed by atoms with E-state index in [1.807, 2.05) is 32.1 Å². The van der Waals surface area contributed by atoms with E-state index >= 15 is 0 Å². The van der Waals surface area contributed by atoms with Gasteiger partial charge in [-0.25, -0.2) is 0 Å². The lowest BCUT2D eigenvalue weighted by Crippen LogP contribution is -2.15. The largest absolute Gasteiger partial charge is 0.446 e. The van der Waals surface area contributed by atoms with Crippen LogP contribution in [0.1, 0.15) is 26.3 Å². The molecule has 2 aromatic rings. The van der Waals surface area contributed by atoms with Crippen LogP contribution in [0.2, 0.25) is 0 Å². The van der Waals surface area contributed by atoms with Gasteiger partial charge in [-0.2, -0.15) is 0 Å². The highest BCUT2D eigenvalue weighted by molar-refractivity contribution is 8.00. The van der Waals surface area contributed by atoms with Gasteiger partial charge in [0.2, 0.25) is 4.90 Å². The van der Waals surface area contributed by atoms with Crippen LogP contribution >= 0.6 is 0 Å². The number of para-hydroxylation sites is 1. The molecule has 1 aliphatic heterocycles. The first-order valence-electron chi connectivity index (χ1n) is 8.53. The van der Waals surface area contributed by atoms with Crippen molar-refractivity contribution in [1.29, 1.82) is 0 Å². The van der Waals surface area contributed by atoms with Crippen molar-refractivity contribution < 1.29 is 4.74 Å². The van der Waals surface area contributed by atoms with E-state index in [2.05, 4.69) is 62.6 Å². The minimum Gasteiger partial charge on any atom is -0.446 e. The molecule has 2 heteroatoms. The molecule has 0 amide bonds. The summed E-state index contributed by atoms with van der Waals surface area (Å²) in [6.07, 6.45) is 5.39. The van der Waals surface area contributed by atoms with Crippen molar-refractivity contribution in [3.05, 3.63) is 95.3 Å². The SMILES string of the molecule is C=CC=C=CC1=C(C)[S+](c2ccc(C)cc2)c2ccccc2O1.CC. The average molecular weight is 350 g/mol. The molecular weight excluding hydrogens is 324 g/mol. The van der Waals surface area contributed by atoms with E-state index in [0.717, 1.165) is 11.5 Å². The molecule has 25 heavy (non-hydrogen) atoms. The molecule has 0 radical (unpaired) electrons. The molecule has 1 atom stereocenters. The molecule has 0 fully saturated rings. The molecule has 1 heterocycles. The highest BCUT2D eigenvalue weighted by Crippen LogP contribution is 2.41. The molecular formula is C23H25OS+. The Morgan fingerprint density at radius 3 is 2.36 bits per heavy atom. The minimum atomic E-state index is -0.128. The second kappa shape index (κ2) is 9.17. The van der Waals surface area contributed by atoms with Crippen molar-refractivity contribution >= 4 is 10.9 Å². The third-order valence-corrected chi connectivity index (χ3v) is 5.96. The fourth-order valence-electron chi connectivity index (χ4n) is 2.46. The molecule has 0 N–H and O–H groups in total. The lowest BCUT2D eigenvalue weighted by atomic mass is 10.2. The summed E-state index contributed by atoms with van der Waals surface area (Å²) in [5, 5.41) is 0. The van der Waals surface area contributed by atoms with Gasteiger partial charge in [0.15, 0.2) is 21.3 Å². The van der Waals surface area contributed by atoms with Crippen molar-refractivity contribution in [3.8, 4) is 5.75 Å². The van der Waals surface area contributed by atoms with Gasteiger partial charge in [-0.05, 0) is 37.3 Å². The molecule has 0 spiro atoms. The van der Waals surface area contributed by atoms with Gasteiger partial charge in [-0.3, -0.25) is 0 Å². The second-order valence-electron chi connectivity index (χ2n) is 5.30. The Balaban J connectivity index is 0.00000109. The van der Waals surface area contributed by atoms with Crippen LogP contribution in [0.5, 0.6) is 5.75 Å². The quantitative estimate of drug-likeness (QED) is 0.345. The smallest absolute Gasteiger partial charge is 0.208 e. The van der Waals surface area contributed by atoms with Gasteiger partial charge in [0.25, 0.3) is 0 Å². The molecule has 2 aromatic carbocycles. The molecule has 0 bridgehead atoms. The molecule has 0 saturated heterocycles. The van der Waals surface area contributed by atoms with Crippen LogP contribution in [-0.4, -0.2) is 0 Å². The Labute approximate surface area is 154 Å². The van der Waals surface area contributed by atoms with Gasteiger partial charge in [0.1, 0.15) is 10.9 Å². The number of fused-ring (bicyclic) bond motifs is 1. The van der Waals surface area contributed by atoms with Gasteiger partial charge < -0.3 is 4.74 Å². The molecule has 1 unspecified atom stereocenters. The maximum absolute atomic E-state index is 6.08. The lowest BCUT2D eigenvalue weighted by molar-refractivity contribution is 0.427. The van der Waals surface area contributed by atoms with Crippen molar-refractivity contribution in [3.63, 3.8) is 0 Å². The Bertz CT molecular complexity index is 821. The predicted molar refractivity (Wildman–Crippen MR) is 109 cm³/mol. The summed E-state index contributed by atoms with van der Waals surface area (Å²) < 4.78 is 6.08. The van der Waals surface area contributed by atoms with Crippen molar-refractivity contribution in [2.24, 2.45) is 0 Å². The summed E-state index contributed by atoms with van der Waals surface area (Å²) >= 11 is 0. The summed E-state index contributed by atoms with van der Waals surface area (Å²) in [5.41, 5.74) is 4.37. The number of rotatable bonds is 3. The summed E-state index contributed by atoms with van der Waals surface area (Å²) in [6, 6.07) is 17.0. The van der Waals surface area contributed by atoms with Crippen LogP contribution in [0.25, 0.3) is 0 Å². The number of hydrogen-bond donors (Lipinski definition) is 0. The van der Waals surface area contributed by atoms with Crippen LogP contribution in [0, 0.1) is 6.92 Å². The lowest BCUT2D eigenvalue weighted by Gasteiger charge is -2.19. The third kappa shape index (κ3) is 4.36. The maximum atomic E-state index is 6.08. The molecule has 1 aliphatic rings. The van der Waals surface area contributed by atoms with E-state index < -0.39 is 0 Å². The molecule has 1 nitrogen and oxygen atoms in total. The molecule has 128 valence electrons. The molecule has 0 saturated carbocycles. The van der Waals surface area contributed by atoms with Gasteiger partial charge in [0.05, 0.1) is 0 Å². The number of allylic oxidation sites excluding steroid dienone is 3. The Hall–Kier alpha value is -2.41. The molecule has 0 aliphatic carbocycles. The van der Waals surface area contributed by atoms with Gasteiger partial charge in [-0.1, -0.05) is 56.3 Å². The second-order valence-corrected chi connectivity index (χ2v) is 7.44. The topological polar surface area (TPSA) is 9.23 Å². The van der Waals surface area contributed by atoms with E-state index in [1.165, 1.54) is 20.3 Å². The Morgan fingerprint density at radius 2 is 1.68 bits per heavy atom. The van der Waals surface area contributed by atoms with Crippen LogP contribution in [-0.2, 0) is 10.9 Å². The normalized spacial score (nSPS) is 15.0. The van der Waals surface area contributed by atoms with E-state index in [-0.39, 0.29) is 10.9 Å². The standard InChI is InChI=1S/C21H19OS.C2H6/c1-4-5-6-9-19-17(3)23(18-14-12-16(2)13-15-18)21-11-8-7-10-20(21)22-19;1-2/h4-5,7-15H,1H2,2-3H3;1-2H3/q+1;. The minimum absolute atomic E-state index is 0.128. The van der Waals surface area contributed by atoms with E-state index in [4.69, 9.17) is 4.74 Å². The number of hydrogen-bond acceptors (Lipinski definition) is 1. The third-order valence-electron chi connectivity index (χ3n) is 3.63. The van der Waals surface area contributed by atoms with E-state index in [0.29, 0.717) is 0 Å². The van der Waals surface area contributed by atoms with Gasteiger partial charge in [-0.15, -0.1) is 5.73 Å². The van der Waals surface area contributed by atoms with E-state index in [1.54, 1.807) is 12.2 Å². The zero-order valence-electron chi connectivity index (χ0n) is 15.4. The maximum Gasteiger partial charge on any atom is 0.208 e. The summed E-state index contributed by atoms with van der Waals surface area (Å²) in [7, 11) is -0.128. The molecule has 3 rings (SSSR count). The zero-order chi connectivity index (χ0) is 18.2.